The SMILES string of the molecule is CC(=O)NCC1CCN(C(N)=NCC(C)C)CC1. The van der Waals surface area contributed by atoms with Gasteiger partial charge in [0.1, 0.15) is 0 Å². The number of guanidine groups is 1. The molecule has 0 radical (unpaired) electrons. The molecule has 5 heteroatoms. The molecule has 18 heavy (non-hydrogen) atoms. The number of likely N-dealkylation sites (tertiary alicyclic amines) is 1. The van der Waals surface area contributed by atoms with E-state index < -0.39 is 0 Å². The van der Waals surface area contributed by atoms with Crippen LogP contribution in [0.4, 0.5) is 0 Å². The average Bonchev–Trinajstić information content (AvgIpc) is 2.34. The second-order valence-electron chi connectivity index (χ2n) is 5.46. The molecule has 0 unspecified atom stereocenters. The second kappa shape index (κ2) is 7.24. The van der Waals surface area contributed by atoms with Gasteiger partial charge in [-0.25, -0.2) is 0 Å². The van der Waals surface area contributed by atoms with E-state index in [0.717, 1.165) is 39.0 Å². The normalized spacial score (nSPS) is 18.2. The topological polar surface area (TPSA) is 70.7 Å². The predicted octanol–water partition coefficient (Wildman–Crippen LogP) is 0.805. The van der Waals surface area contributed by atoms with Crippen molar-refractivity contribution in [2.24, 2.45) is 22.6 Å². The summed E-state index contributed by atoms with van der Waals surface area (Å²) in [6.07, 6.45) is 2.14. The quantitative estimate of drug-likeness (QED) is 0.576. The molecule has 1 rings (SSSR count). The first-order chi connectivity index (χ1) is 8.49. The molecule has 0 spiro atoms. The van der Waals surface area contributed by atoms with Crippen molar-refractivity contribution in [2.45, 2.75) is 33.6 Å². The first kappa shape index (κ1) is 14.8. The van der Waals surface area contributed by atoms with Crippen molar-refractivity contribution in [2.75, 3.05) is 26.2 Å². The maximum atomic E-state index is 10.8. The lowest BCUT2D eigenvalue weighted by Crippen LogP contribution is -2.44. The van der Waals surface area contributed by atoms with Crippen molar-refractivity contribution in [1.82, 2.24) is 10.2 Å². The van der Waals surface area contributed by atoms with Crippen LogP contribution in [-0.2, 0) is 4.79 Å². The summed E-state index contributed by atoms with van der Waals surface area (Å²) in [5, 5.41) is 2.88. The molecule has 0 aromatic carbocycles. The summed E-state index contributed by atoms with van der Waals surface area (Å²) in [7, 11) is 0. The Morgan fingerprint density at radius 2 is 2.06 bits per heavy atom. The van der Waals surface area contributed by atoms with Crippen molar-refractivity contribution >= 4 is 11.9 Å². The summed E-state index contributed by atoms with van der Waals surface area (Å²) in [5.74, 6) is 1.83. The van der Waals surface area contributed by atoms with E-state index in [0.29, 0.717) is 17.8 Å². The zero-order chi connectivity index (χ0) is 13.5. The summed E-state index contributed by atoms with van der Waals surface area (Å²) in [4.78, 5) is 17.4. The average molecular weight is 254 g/mol. The molecule has 1 saturated heterocycles. The Kier molecular flexibility index (Phi) is 5.95. The van der Waals surface area contributed by atoms with Crippen LogP contribution in [0, 0.1) is 11.8 Å². The van der Waals surface area contributed by atoms with E-state index in [4.69, 9.17) is 5.73 Å². The Hall–Kier alpha value is -1.26. The molecule has 3 N–H and O–H groups in total. The molecule has 0 aromatic rings. The van der Waals surface area contributed by atoms with Gasteiger partial charge in [-0.2, -0.15) is 0 Å². The Labute approximate surface area is 110 Å². The highest BCUT2D eigenvalue weighted by molar-refractivity contribution is 5.78. The Morgan fingerprint density at radius 3 is 2.56 bits per heavy atom. The number of amides is 1. The summed E-state index contributed by atoms with van der Waals surface area (Å²) >= 11 is 0. The van der Waals surface area contributed by atoms with Crippen LogP contribution in [0.25, 0.3) is 0 Å². The van der Waals surface area contributed by atoms with Gasteiger partial charge < -0.3 is 16.0 Å². The molecule has 0 bridgehead atoms. The smallest absolute Gasteiger partial charge is 0.216 e. The lowest BCUT2D eigenvalue weighted by Gasteiger charge is -2.32. The Bertz CT molecular complexity index is 293. The lowest BCUT2D eigenvalue weighted by molar-refractivity contribution is -0.119. The van der Waals surface area contributed by atoms with E-state index in [2.05, 4.69) is 29.1 Å². The number of rotatable bonds is 4. The Balaban J connectivity index is 2.30. The number of carbonyl (C=O) groups excluding carboxylic acids is 1. The van der Waals surface area contributed by atoms with E-state index >= 15 is 0 Å². The number of aliphatic imine (C=N–C) groups is 1. The standard InChI is InChI=1S/C13H26N4O/c1-10(2)8-16-13(14)17-6-4-12(5-7-17)9-15-11(3)18/h10,12H,4-9H2,1-3H3,(H2,14,16)(H,15,18). The second-order valence-corrected chi connectivity index (χ2v) is 5.46. The van der Waals surface area contributed by atoms with Crippen LogP contribution in [0.3, 0.4) is 0 Å². The zero-order valence-corrected chi connectivity index (χ0v) is 11.8. The van der Waals surface area contributed by atoms with Gasteiger partial charge in [0.15, 0.2) is 5.96 Å². The highest BCUT2D eigenvalue weighted by atomic mass is 16.1. The number of nitrogens with two attached hydrogens (primary N) is 1. The summed E-state index contributed by atoms with van der Waals surface area (Å²) < 4.78 is 0. The minimum atomic E-state index is 0.0513. The van der Waals surface area contributed by atoms with Crippen LogP contribution in [0.1, 0.15) is 33.6 Å². The molecule has 0 atom stereocenters. The highest BCUT2D eigenvalue weighted by Crippen LogP contribution is 2.16. The maximum Gasteiger partial charge on any atom is 0.216 e. The van der Waals surface area contributed by atoms with Gasteiger partial charge in [-0.05, 0) is 24.7 Å². The summed E-state index contributed by atoms with van der Waals surface area (Å²) in [6, 6.07) is 0. The monoisotopic (exact) mass is 254 g/mol. The van der Waals surface area contributed by atoms with Gasteiger partial charge in [0.05, 0.1) is 0 Å². The van der Waals surface area contributed by atoms with Crippen LogP contribution in [0.2, 0.25) is 0 Å². The van der Waals surface area contributed by atoms with Crippen LogP contribution in [0.5, 0.6) is 0 Å². The van der Waals surface area contributed by atoms with E-state index in [1.807, 2.05) is 0 Å². The van der Waals surface area contributed by atoms with Gasteiger partial charge in [-0.15, -0.1) is 0 Å². The molecular weight excluding hydrogens is 228 g/mol. The minimum absolute atomic E-state index is 0.0513. The summed E-state index contributed by atoms with van der Waals surface area (Å²) in [5.41, 5.74) is 5.97. The maximum absolute atomic E-state index is 10.8. The molecule has 0 aliphatic carbocycles. The molecule has 1 fully saturated rings. The van der Waals surface area contributed by atoms with Gasteiger partial charge in [-0.3, -0.25) is 9.79 Å². The van der Waals surface area contributed by atoms with Gasteiger partial charge in [0.25, 0.3) is 0 Å². The highest BCUT2D eigenvalue weighted by Gasteiger charge is 2.20. The van der Waals surface area contributed by atoms with Crippen molar-refractivity contribution in [3.05, 3.63) is 0 Å². The van der Waals surface area contributed by atoms with Crippen LogP contribution in [-0.4, -0.2) is 42.9 Å². The third-order valence-corrected chi connectivity index (χ3v) is 3.20. The first-order valence-corrected chi connectivity index (χ1v) is 6.78. The molecule has 5 nitrogen and oxygen atoms in total. The van der Waals surface area contributed by atoms with Crippen molar-refractivity contribution in [3.8, 4) is 0 Å². The molecular formula is C13H26N4O. The molecule has 1 heterocycles. The van der Waals surface area contributed by atoms with Gasteiger partial charge in [0.2, 0.25) is 5.91 Å². The van der Waals surface area contributed by atoms with Gasteiger partial charge in [-0.1, -0.05) is 13.8 Å². The molecule has 0 saturated carbocycles. The van der Waals surface area contributed by atoms with Gasteiger partial charge >= 0.3 is 0 Å². The molecule has 1 aliphatic rings. The first-order valence-electron chi connectivity index (χ1n) is 6.78. The van der Waals surface area contributed by atoms with Crippen LogP contribution < -0.4 is 11.1 Å². The zero-order valence-electron chi connectivity index (χ0n) is 11.8. The minimum Gasteiger partial charge on any atom is -0.370 e. The van der Waals surface area contributed by atoms with Crippen molar-refractivity contribution < 1.29 is 4.79 Å². The number of hydrogen-bond donors (Lipinski definition) is 2. The number of hydrogen-bond acceptors (Lipinski definition) is 2. The fraction of sp³-hybridized carbons (Fsp3) is 0.846. The van der Waals surface area contributed by atoms with Crippen molar-refractivity contribution in [1.29, 1.82) is 0 Å². The van der Waals surface area contributed by atoms with Gasteiger partial charge in [0, 0.05) is 33.1 Å². The number of piperidine rings is 1. The number of nitrogens with zero attached hydrogens (tertiary/aromatic N) is 2. The molecule has 0 aromatic heterocycles. The number of carbonyl (C=O) groups is 1. The number of nitrogens with one attached hydrogen (secondary N) is 1. The van der Waals surface area contributed by atoms with Crippen LogP contribution >= 0.6 is 0 Å². The largest absolute Gasteiger partial charge is 0.370 e. The molecule has 1 amide bonds. The van der Waals surface area contributed by atoms with Crippen LogP contribution in [0.15, 0.2) is 4.99 Å². The third kappa shape index (κ3) is 5.38. The lowest BCUT2D eigenvalue weighted by atomic mass is 9.97. The fourth-order valence-electron chi connectivity index (χ4n) is 2.03. The molecule has 1 aliphatic heterocycles. The predicted molar refractivity (Wildman–Crippen MR) is 74.3 cm³/mol. The summed E-state index contributed by atoms with van der Waals surface area (Å²) in [6.45, 7) is 9.29. The van der Waals surface area contributed by atoms with E-state index in [-0.39, 0.29) is 5.91 Å². The third-order valence-electron chi connectivity index (χ3n) is 3.20. The fourth-order valence-corrected chi connectivity index (χ4v) is 2.03. The Morgan fingerprint density at radius 1 is 1.44 bits per heavy atom. The van der Waals surface area contributed by atoms with E-state index in [9.17, 15) is 4.79 Å². The van der Waals surface area contributed by atoms with E-state index in [1.165, 1.54) is 0 Å². The van der Waals surface area contributed by atoms with E-state index in [1.54, 1.807) is 6.92 Å². The molecule has 104 valence electrons. The van der Waals surface area contributed by atoms with Crippen molar-refractivity contribution in [3.63, 3.8) is 0 Å².